The van der Waals surface area contributed by atoms with Crippen molar-refractivity contribution in [1.29, 1.82) is 0 Å². The topological polar surface area (TPSA) is 96.0 Å². The fourth-order valence-corrected chi connectivity index (χ4v) is 2.52. The molecule has 0 fully saturated rings. The van der Waals surface area contributed by atoms with Crippen molar-refractivity contribution < 1.29 is 33.4 Å². The van der Waals surface area contributed by atoms with E-state index in [-0.39, 0.29) is 37.8 Å². The van der Waals surface area contributed by atoms with E-state index in [2.05, 4.69) is 0 Å². The summed E-state index contributed by atoms with van der Waals surface area (Å²) in [5.41, 5.74) is -2.37. The SMILES string of the molecule is CCC(C)(CC(C)(C)C(=O)OC(C)(C)C)C(=O)OCCOC(=O)CC(C)=O. The summed E-state index contributed by atoms with van der Waals surface area (Å²) in [6, 6.07) is 0. The Labute approximate surface area is 162 Å². The van der Waals surface area contributed by atoms with Gasteiger partial charge < -0.3 is 14.2 Å². The van der Waals surface area contributed by atoms with Crippen molar-refractivity contribution in [2.45, 2.75) is 80.3 Å². The predicted molar refractivity (Wildman–Crippen MR) is 99.9 cm³/mol. The van der Waals surface area contributed by atoms with Crippen LogP contribution in [-0.2, 0) is 33.4 Å². The number of carbonyl (C=O) groups is 4. The molecule has 0 aliphatic rings. The van der Waals surface area contributed by atoms with Gasteiger partial charge in [0.1, 0.15) is 31.0 Å². The lowest BCUT2D eigenvalue weighted by Crippen LogP contribution is -2.41. The van der Waals surface area contributed by atoms with Crippen LogP contribution < -0.4 is 0 Å². The molecule has 0 aliphatic carbocycles. The summed E-state index contributed by atoms with van der Waals surface area (Å²) in [5, 5.41) is 0. The summed E-state index contributed by atoms with van der Waals surface area (Å²) < 4.78 is 15.5. The molecule has 7 nitrogen and oxygen atoms in total. The van der Waals surface area contributed by atoms with Crippen LogP contribution in [0.15, 0.2) is 0 Å². The van der Waals surface area contributed by atoms with Crippen LogP contribution in [-0.4, -0.2) is 42.5 Å². The summed E-state index contributed by atoms with van der Waals surface area (Å²) in [6.45, 7) is 13.5. The molecule has 0 N–H and O–H groups in total. The molecule has 0 spiro atoms. The van der Waals surface area contributed by atoms with Crippen molar-refractivity contribution in [3.05, 3.63) is 0 Å². The lowest BCUT2D eigenvalue weighted by Gasteiger charge is -2.35. The Bertz CT molecular complexity index is 557. The van der Waals surface area contributed by atoms with Gasteiger partial charge >= 0.3 is 17.9 Å². The van der Waals surface area contributed by atoms with Crippen LogP contribution in [0.5, 0.6) is 0 Å². The van der Waals surface area contributed by atoms with E-state index in [1.165, 1.54) is 6.92 Å². The van der Waals surface area contributed by atoms with E-state index in [1.54, 1.807) is 41.5 Å². The number of Topliss-reactive ketones (excluding diaryl/α,β-unsaturated/α-hetero) is 1. The lowest BCUT2D eigenvalue weighted by atomic mass is 9.72. The van der Waals surface area contributed by atoms with Crippen molar-refractivity contribution in [3.63, 3.8) is 0 Å². The van der Waals surface area contributed by atoms with Gasteiger partial charge in [0.05, 0.1) is 10.8 Å². The molecule has 0 aromatic carbocycles. The minimum atomic E-state index is -0.885. The number of carbonyl (C=O) groups excluding carboxylic acids is 4. The Morgan fingerprint density at radius 3 is 1.78 bits per heavy atom. The Hall–Kier alpha value is -1.92. The summed E-state index contributed by atoms with van der Waals surface area (Å²) in [5.74, 6) is -1.78. The molecule has 0 heterocycles. The molecule has 0 aliphatic heterocycles. The first kappa shape index (κ1) is 25.1. The first-order valence-corrected chi connectivity index (χ1v) is 9.19. The van der Waals surface area contributed by atoms with Crippen LogP contribution >= 0.6 is 0 Å². The van der Waals surface area contributed by atoms with Crippen molar-refractivity contribution >= 4 is 23.7 Å². The van der Waals surface area contributed by atoms with E-state index in [4.69, 9.17) is 14.2 Å². The number of ketones is 1. The quantitative estimate of drug-likeness (QED) is 0.246. The maximum Gasteiger partial charge on any atom is 0.313 e. The summed E-state index contributed by atoms with van der Waals surface area (Å²) in [6.07, 6.45) is 0.432. The third kappa shape index (κ3) is 9.54. The second-order valence-corrected chi connectivity index (χ2v) is 8.71. The highest BCUT2D eigenvalue weighted by Crippen LogP contribution is 2.39. The van der Waals surface area contributed by atoms with Gasteiger partial charge in [-0.25, -0.2) is 0 Å². The molecule has 1 atom stereocenters. The van der Waals surface area contributed by atoms with Gasteiger partial charge in [-0.3, -0.25) is 19.2 Å². The van der Waals surface area contributed by atoms with Gasteiger partial charge in [0.2, 0.25) is 0 Å². The van der Waals surface area contributed by atoms with Gasteiger partial charge in [0, 0.05) is 0 Å². The standard InChI is InChI=1S/C20H34O7/c1-9-20(8,13-19(6,7)16(23)27-18(3,4)5)17(24)26-11-10-25-15(22)12-14(2)21/h9-13H2,1-8H3. The summed E-state index contributed by atoms with van der Waals surface area (Å²) in [7, 11) is 0. The highest BCUT2D eigenvalue weighted by atomic mass is 16.6. The zero-order chi connectivity index (χ0) is 21.5. The number of rotatable bonds is 10. The van der Waals surface area contributed by atoms with Crippen molar-refractivity contribution in [1.82, 2.24) is 0 Å². The Kier molecular flexibility index (Phi) is 9.15. The molecule has 0 saturated heterocycles. The van der Waals surface area contributed by atoms with Crippen LogP contribution in [0.1, 0.15) is 74.7 Å². The van der Waals surface area contributed by atoms with Gasteiger partial charge in [-0.1, -0.05) is 6.92 Å². The summed E-state index contributed by atoms with van der Waals surface area (Å²) >= 11 is 0. The molecular weight excluding hydrogens is 352 g/mol. The van der Waals surface area contributed by atoms with Crippen LogP contribution in [0.2, 0.25) is 0 Å². The van der Waals surface area contributed by atoms with Gasteiger partial charge in [-0.15, -0.1) is 0 Å². The molecule has 0 amide bonds. The minimum Gasteiger partial charge on any atom is -0.462 e. The van der Waals surface area contributed by atoms with E-state index in [9.17, 15) is 19.2 Å². The van der Waals surface area contributed by atoms with Crippen LogP contribution in [0.25, 0.3) is 0 Å². The number of hydrogen-bond donors (Lipinski definition) is 0. The van der Waals surface area contributed by atoms with E-state index < -0.39 is 28.4 Å². The van der Waals surface area contributed by atoms with Gasteiger partial charge in [0.25, 0.3) is 0 Å². The van der Waals surface area contributed by atoms with E-state index in [1.807, 2.05) is 6.92 Å². The fourth-order valence-electron chi connectivity index (χ4n) is 2.52. The predicted octanol–water partition coefficient (Wildman–Crippen LogP) is 3.23. The average Bonchev–Trinajstić information content (AvgIpc) is 2.48. The normalized spacial score (nSPS) is 14.1. The van der Waals surface area contributed by atoms with E-state index in [0.29, 0.717) is 6.42 Å². The third-order valence-electron chi connectivity index (χ3n) is 4.03. The zero-order valence-electron chi connectivity index (χ0n) is 17.9. The fraction of sp³-hybridized carbons (Fsp3) is 0.800. The highest BCUT2D eigenvalue weighted by Gasteiger charge is 2.43. The smallest absolute Gasteiger partial charge is 0.313 e. The number of hydrogen-bond acceptors (Lipinski definition) is 7. The van der Waals surface area contributed by atoms with Crippen molar-refractivity contribution in [3.8, 4) is 0 Å². The monoisotopic (exact) mass is 386 g/mol. The molecule has 156 valence electrons. The Balaban J connectivity index is 4.76. The van der Waals surface area contributed by atoms with E-state index in [0.717, 1.165) is 0 Å². The second kappa shape index (κ2) is 9.85. The first-order valence-electron chi connectivity index (χ1n) is 9.19. The molecule has 0 bridgehead atoms. The molecular formula is C20H34O7. The summed E-state index contributed by atoms with van der Waals surface area (Å²) in [4.78, 5) is 47.1. The Morgan fingerprint density at radius 1 is 0.815 bits per heavy atom. The third-order valence-corrected chi connectivity index (χ3v) is 4.03. The van der Waals surface area contributed by atoms with Crippen molar-refractivity contribution in [2.24, 2.45) is 10.8 Å². The maximum absolute atomic E-state index is 12.5. The van der Waals surface area contributed by atoms with Crippen molar-refractivity contribution in [2.75, 3.05) is 13.2 Å². The second-order valence-electron chi connectivity index (χ2n) is 8.71. The molecule has 27 heavy (non-hydrogen) atoms. The lowest BCUT2D eigenvalue weighted by molar-refractivity contribution is -0.171. The molecule has 0 aromatic heterocycles. The minimum absolute atomic E-state index is 0.106. The highest BCUT2D eigenvalue weighted by molar-refractivity contribution is 5.94. The van der Waals surface area contributed by atoms with Crippen LogP contribution in [0.4, 0.5) is 0 Å². The van der Waals surface area contributed by atoms with Gasteiger partial charge in [0.15, 0.2) is 0 Å². The molecule has 0 rings (SSSR count). The zero-order valence-corrected chi connectivity index (χ0v) is 17.9. The van der Waals surface area contributed by atoms with E-state index >= 15 is 0 Å². The molecule has 7 heteroatoms. The molecule has 0 aromatic rings. The largest absolute Gasteiger partial charge is 0.462 e. The first-order chi connectivity index (χ1) is 12.1. The maximum atomic E-state index is 12.5. The average molecular weight is 386 g/mol. The molecule has 0 radical (unpaired) electrons. The van der Waals surface area contributed by atoms with Crippen LogP contribution in [0.3, 0.4) is 0 Å². The van der Waals surface area contributed by atoms with Gasteiger partial charge in [-0.2, -0.15) is 0 Å². The Morgan fingerprint density at radius 2 is 1.33 bits per heavy atom. The number of ether oxygens (including phenoxy) is 3. The van der Waals surface area contributed by atoms with Gasteiger partial charge in [-0.05, 0) is 61.3 Å². The molecule has 1 unspecified atom stereocenters. The number of esters is 3. The van der Waals surface area contributed by atoms with Crippen LogP contribution in [0, 0.1) is 10.8 Å². The molecule has 0 saturated carbocycles.